The van der Waals surface area contributed by atoms with Crippen LogP contribution in [-0.4, -0.2) is 11.2 Å². The quantitative estimate of drug-likeness (QED) is 0.713. The fourth-order valence-corrected chi connectivity index (χ4v) is 1.01. The number of hydrogen-bond acceptors (Lipinski definition) is 1. The van der Waals surface area contributed by atoms with Crippen molar-refractivity contribution in [3.63, 3.8) is 0 Å². The average molecular weight is 184 g/mol. The number of aliphatic hydroxyl groups is 1. The third-order valence-corrected chi connectivity index (χ3v) is 1.73. The van der Waals surface area contributed by atoms with Gasteiger partial charge in [-0.2, -0.15) is 0 Å². The molecule has 1 unspecified atom stereocenters. The van der Waals surface area contributed by atoms with Gasteiger partial charge in [0.25, 0.3) is 0 Å². The summed E-state index contributed by atoms with van der Waals surface area (Å²) in [6, 6.07) is 3.88. The summed E-state index contributed by atoms with van der Waals surface area (Å²) in [7, 11) is 0. The molecule has 0 saturated heterocycles. The topological polar surface area (TPSA) is 20.2 Å². The zero-order valence-corrected chi connectivity index (χ0v) is 7.00. The Balaban J connectivity index is 2.88. The lowest BCUT2D eigenvalue weighted by Crippen LogP contribution is -2.08. The molecule has 3 heteroatoms. The van der Waals surface area contributed by atoms with Crippen molar-refractivity contribution in [3.05, 3.63) is 48.1 Å². The van der Waals surface area contributed by atoms with Crippen molar-refractivity contribution in [1.82, 2.24) is 0 Å². The van der Waals surface area contributed by atoms with E-state index in [1.807, 2.05) is 0 Å². The zero-order valence-electron chi connectivity index (χ0n) is 7.00. The third-order valence-electron chi connectivity index (χ3n) is 1.73. The monoisotopic (exact) mass is 184 g/mol. The van der Waals surface area contributed by atoms with Crippen molar-refractivity contribution in [3.8, 4) is 0 Å². The van der Waals surface area contributed by atoms with Crippen molar-refractivity contribution in [2.75, 3.05) is 0 Å². The molecule has 1 aromatic carbocycles. The van der Waals surface area contributed by atoms with Crippen LogP contribution in [0.1, 0.15) is 5.56 Å². The highest BCUT2D eigenvalue weighted by molar-refractivity contribution is 5.20. The Morgan fingerprint density at radius 2 is 2.15 bits per heavy atom. The first-order valence-corrected chi connectivity index (χ1v) is 3.88. The molecule has 0 saturated carbocycles. The van der Waals surface area contributed by atoms with Crippen molar-refractivity contribution >= 4 is 0 Å². The molecule has 1 aromatic rings. The van der Waals surface area contributed by atoms with E-state index in [1.54, 1.807) is 0 Å². The Kier molecular flexibility index (Phi) is 3.14. The summed E-state index contributed by atoms with van der Waals surface area (Å²) in [5, 5.41) is 9.12. The summed E-state index contributed by atoms with van der Waals surface area (Å²) in [5.41, 5.74) is 0.160. The summed E-state index contributed by atoms with van der Waals surface area (Å²) >= 11 is 0. The average Bonchev–Trinajstić information content (AvgIpc) is 2.13. The molecule has 1 atom stereocenters. The highest BCUT2D eigenvalue weighted by Gasteiger charge is 2.09. The summed E-state index contributed by atoms with van der Waals surface area (Å²) in [6.45, 7) is 3.34. The van der Waals surface area contributed by atoms with Crippen LogP contribution in [0, 0.1) is 11.6 Å². The smallest absolute Gasteiger partial charge is 0.162 e. The minimum atomic E-state index is -0.900. The van der Waals surface area contributed by atoms with Crippen molar-refractivity contribution < 1.29 is 13.9 Å². The fourth-order valence-electron chi connectivity index (χ4n) is 1.01. The highest BCUT2D eigenvalue weighted by Crippen LogP contribution is 2.13. The number of hydrogen-bond donors (Lipinski definition) is 1. The molecule has 0 aliphatic carbocycles. The van der Waals surface area contributed by atoms with Gasteiger partial charge in [0.05, 0.1) is 6.10 Å². The number of rotatable bonds is 3. The van der Waals surface area contributed by atoms with Crippen LogP contribution in [0.15, 0.2) is 30.9 Å². The van der Waals surface area contributed by atoms with Gasteiger partial charge in [-0.3, -0.25) is 0 Å². The molecule has 0 amide bonds. The zero-order chi connectivity index (χ0) is 9.84. The molecular weight excluding hydrogens is 174 g/mol. The first-order valence-electron chi connectivity index (χ1n) is 3.88. The lowest BCUT2D eigenvalue weighted by molar-refractivity contribution is 0.222. The molecule has 0 fully saturated rings. The summed E-state index contributed by atoms with van der Waals surface area (Å²) < 4.78 is 25.6. The molecule has 1 N–H and O–H groups in total. The second kappa shape index (κ2) is 4.14. The molecule has 0 spiro atoms. The summed E-state index contributed by atoms with van der Waals surface area (Å²) in [5.74, 6) is -1.79. The summed E-state index contributed by atoms with van der Waals surface area (Å²) in [6.07, 6.45) is 0.494. The third kappa shape index (κ3) is 2.36. The van der Waals surface area contributed by atoms with Gasteiger partial charge in [-0.05, 0) is 11.6 Å². The number of benzene rings is 1. The maximum Gasteiger partial charge on any atom is 0.162 e. The first kappa shape index (κ1) is 9.86. The predicted octanol–water partition coefficient (Wildman–Crippen LogP) is 2.05. The second-order valence-corrected chi connectivity index (χ2v) is 2.72. The van der Waals surface area contributed by atoms with Crippen LogP contribution in [0.3, 0.4) is 0 Å². The van der Waals surface area contributed by atoms with Crippen LogP contribution in [0.4, 0.5) is 8.78 Å². The van der Waals surface area contributed by atoms with Gasteiger partial charge in [0, 0.05) is 6.42 Å². The van der Waals surface area contributed by atoms with E-state index in [9.17, 15) is 8.78 Å². The Labute approximate surface area is 75.3 Å². The van der Waals surface area contributed by atoms with Gasteiger partial charge in [-0.1, -0.05) is 18.2 Å². The molecule has 1 rings (SSSR count). The molecule has 1 nitrogen and oxygen atoms in total. The highest BCUT2D eigenvalue weighted by atomic mass is 19.2. The fraction of sp³-hybridized carbons (Fsp3) is 0.200. The van der Waals surface area contributed by atoms with Gasteiger partial charge in [0.2, 0.25) is 0 Å². The van der Waals surface area contributed by atoms with Crippen molar-refractivity contribution in [2.45, 2.75) is 12.5 Å². The van der Waals surface area contributed by atoms with E-state index < -0.39 is 17.7 Å². The Morgan fingerprint density at radius 1 is 1.46 bits per heavy atom. The van der Waals surface area contributed by atoms with Gasteiger partial charge in [-0.15, -0.1) is 6.58 Å². The van der Waals surface area contributed by atoms with E-state index in [0.717, 1.165) is 6.07 Å². The maximum absolute atomic E-state index is 13.0. The van der Waals surface area contributed by atoms with Gasteiger partial charge in [0.1, 0.15) is 0 Å². The van der Waals surface area contributed by atoms with E-state index >= 15 is 0 Å². The van der Waals surface area contributed by atoms with Gasteiger partial charge >= 0.3 is 0 Å². The van der Waals surface area contributed by atoms with Crippen LogP contribution in [-0.2, 0) is 6.42 Å². The lowest BCUT2D eigenvalue weighted by Gasteiger charge is -2.06. The molecule has 0 aliphatic rings. The van der Waals surface area contributed by atoms with E-state index in [1.165, 1.54) is 18.2 Å². The van der Waals surface area contributed by atoms with Crippen LogP contribution in [0.5, 0.6) is 0 Å². The predicted molar refractivity (Wildman–Crippen MR) is 46.3 cm³/mol. The Hall–Kier alpha value is -1.22. The molecule has 0 bridgehead atoms. The van der Waals surface area contributed by atoms with Crippen LogP contribution >= 0.6 is 0 Å². The summed E-state index contributed by atoms with van der Waals surface area (Å²) in [4.78, 5) is 0. The van der Waals surface area contributed by atoms with Crippen LogP contribution < -0.4 is 0 Å². The van der Waals surface area contributed by atoms with E-state index in [-0.39, 0.29) is 12.0 Å². The lowest BCUT2D eigenvalue weighted by atomic mass is 10.1. The SMILES string of the molecule is C=CC(O)Cc1cccc(F)c1F. The van der Waals surface area contributed by atoms with E-state index in [2.05, 4.69) is 6.58 Å². The van der Waals surface area contributed by atoms with E-state index in [0.29, 0.717) is 0 Å². The van der Waals surface area contributed by atoms with Gasteiger partial charge in [-0.25, -0.2) is 8.78 Å². The van der Waals surface area contributed by atoms with E-state index in [4.69, 9.17) is 5.11 Å². The van der Waals surface area contributed by atoms with Gasteiger partial charge < -0.3 is 5.11 Å². The van der Waals surface area contributed by atoms with Crippen molar-refractivity contribution in [1.29, 1.82) is 0 Å². The number of aliphatic hydroxyl groups excluding tert-OH is 1. The molecule has 0 radical (unpaired) electrons. The van der Waals surface area contributed by atoms with Crippen molar-refractivity contribution in [2.24, 2.45) is 0 Å². The molecule has 0 aliphatic heterocycles. The Morgan fingerprint density at radius 3 is 2.77 bits per heavy atom. The number of halogens is 2. The van der Waals surface area contributed by atoms with Crippen LogP contribution in [0.2, 0.25) is 0 Å². The minimum Gasteiger partial charge on any atom is -0.389 e. The molecule has 0 heterocycles. The minimum absolute atomic E-state index is 0.0487. The van der Waals surface area contributed by atoms with Gasteiger partial charge in [0.15, 0.2) is 11.6 Å². The normalized spacial score (nSPS) is 12.5. The maximum atomic E-state index is 13.0. The second-order valence-electron chi connectivity index (χ2n) is 2.72. The molecule has 0 aromatic heterocycles. The molecule has 70 valence electrons. The largest absolute Gasteiger partial charge is 0.389 e. The molecular formula is C10H10F2O. The molecule has 13 heavy (non-hydrogen) atoms. The standard InChI is InChI=1S/C10H10F2O/c1-2-8(13)6-7-4-3-5-9(11)10(7)12/h2-5,8,13H,1,6H2. The first-order chi connectivity index (χ1) is 6.15. The van der Waals surface area contributed by atoms with Crippen LogP contribution in [0.25, 0.3) is 0 Å². The Bertz CT molecular complexity index is 310.